The van der Waals surface area contributed by atoms with Crippen LogP contribution in [0.1, 0.15) is 47.6 Å². The maximum Gasteiger partial charge on any atom is 0.257 e. The van der Waals surface area contributed by atoms with Crippen molar-refractivity contribution in [3.63, 3.8) is 0 Å². The molecule has 4 heterocycles. The lowest BCUT2D eigenvalue weighted by atomic mass is 9.99. The van der Waals surface area contributed by atoms with Gasteiger partial charge in [-0.3, -0.25) is 4.79 Å². The molecule has 6 N–H and O–H groups in total. The molecule has 12 nitrogen and oxygen atoms in total. The summed E-state index contributed by atoms with van der Waals surface area (Å²) >= 11 is 0. The molecule has 214 valence electrons. The molecule has 3 aromatic rings. The van der Waals surface area contributed by atoms with Crippen LogP contribution in [-0.2, 0) is 34.0 Å². The molecular weight excluding hydrogens is 518 g/mol. The number of aliphatic hydroxyl groups is 1. The number of nitrogens with two attached hydrogens (primary N) is 2. The van der Waals surface area contributed by atoms with E-state index in [2.05, 4.69) is 5.32 Å². The average Bonchev–Trinajstić information content (AvgIpc) is 3.57. The van der Waals surface area contributed by atoms with Crippen molar-refractivity contribution in [2.75, 3.05) is 27.5 Å². The number of nitrogens with one attached hydrogen (secondary N) is 1. The highest BCUT2D eigenvalue weighted by Gasteiger charge is 2.30. The third-order valence-electron chi connectivity index (χ3n) is 6.95. The van der Waals surface area contributed by atoms with Crippen molar-refractivity contribution in [1.29, 1.82) is 0 Å². The molecule has 2 aliphatic rings. The van der Waals surface area contributed by atoms with Gasteiger partial charge in [-0.25, -0.2) is 4.98 Å². The first-order valence-electron chi connectivity index (χ1n) is 13.1. The van der Waals surface area contributed by atoms with Crippen LogP contribution >= 0.6 is 0 Å². The maximum atomic E-state index is 13.3. The Kier molecular flexibility index (Phi) is 9.61. The van der Waals surface area contributed by atoms with Gasteiger partial charge in [-0.2, -0.15) is 0 Å². The minimum atomic E-state index is -1.42. The van der Waals surface area contributed by atoms with Crippen molar-refractivity contribution in [2.45, 2.75) is 51.1 Å². The van der Waals surface area contributed by atoms with E-state index in [0.717, 1.165) is 42.1 Å². The summed E-state index contributed by atoms with van der Waals surface area (Å²) in [5, 5.41) is 14.3. The van der Waals surface area contributed by atoms with Crippen LogP contribution in [0.4, 0.5) is 0 Å². The SMILES string of the molecule is CNCc1c2c(nc3cc4c(cc13)OCO4)-c1cc(C(O)C=O)c(COC)c(=O)n1C2.NCCCCC(N)C=O. The number of ether oxygens (including phenoxy) is 3. The molecule has 1 aromatic carbocycles. The number of aromatic nitrogens is 2. The topological polar surface area (TPSA) is 181 Å². The molecule has 0 bridgehead atoms. The van der Waals surface area contributed by atoms with Crippen molar-refractivity contribution in [2.24, 2.45) is 11.5 Å². The molecule has 0 saturated carbocycles. The number of carbonyl (C=O) groups excluding carboxylic acids is 2. The minimum absolute atomic E-state index is 0.00410. The van der Waals surface area contributed by atoms with Gasteiger partial charge in [0, 0.05) is 41.8 Å². The fourth-order valence-electron chi connectivity index (χ4n) is 4.96. The molecule has 0 aliphatic carbocycles. The van der Waals surface area contributed by atoms with Gasteiger partial charge in [0.05, 0.1) is 36.1 Å². The van der Waals surface area contributed by atoms with Crippen LogP contribution in [-0.4, -0.2) is 60.8 Å². The number of nitrogens with zero attached hydrogens (tertiary/aromatic N) is 2. The molecule has 0 spiro atoms. The molecule has 0 amide bonds. The second-order valence-corrected chi connectivity index (χ2v) is 9.62. The monoisotopic (exact) mass is 553 g/mol. The molecule has 12 heteroatoms. The second-order valence-electron chi connectivity index (χ2n) is 9.62. The Morgan fingerprint density at radius 3 is 2.58 bits per heavy atom. The summed E-state index contributed by atoms with van der Waals surface area (Å²) in [6.45, 7) is 1.76. The average molecular weight is 554 g/mol. The second kappa shape index (κ2) is 13.1. The van der Waals surface area contributed by atoms with E-state index in [1.54, 1.807) is 10.6 Å². The lowest BCUT2D eigenvalue weighted by Crippen LogP contribution is -2.26. The number of pyridine rings is 2. The number of hydrogen-bond acceptors (Lipinski definition) is 11. The number of aldehydes is 2. The summed E-state index contributed by atoms with van der Waals surface area (Å²) in [6.07, 6.45) is 2.44. The Balaban J connectivity index is 0.000000357. The Labute approximate surface area is 231 Å². The van der Waals surface area contributed by atoms with Crippen LogP contribution in [0.25, 0.3) is 22.3 Å². The molecule has 2 aliphatic heterocycles. The van der Waals surface area contributed by atoms with E-state index in [1.807, 2.05) is 19.2 Å². The molecular formula is C28H35N5O7. The first kappa shape index (κ1) is 29.3. The number of rotatable bonds is 11. The highest BCUT2D eigenvalue weighted by Crippen LogP contribution is 2.41. The zero-order valence-corrected chi connectivity index (χ0v) is 22.6. The Morgan fingerprint density at radius 1 is 1.18 bits per heavy atom. The first-order valence-corrected chi connectivity index (χ1v) is 13.1. The number of unbranched alkanes of at least 4 members (excludes halogenated alkanes) is 1. The van der Waals surface area contributed by atoms with E-state index in [4.69, 9.17) is 30.7 Å². The third kappa shape index (κ3) is 5.76. The number of benzene rings is 1. The fourth-order valence-corrected chi connectivity index (χ4v) is 4.96. The number of hydrogen-bond donors (Lipinski definition) is 4. The predicted octanol–water partition coefficient (Wildman–Crippen LogP) is 0.894. The van der Waals surface area contributed by atoms with E-state index in [1.165, 1.54) is 7.11 Å². The number of carbonyl (C=O) groups is 2. The lowest BCUT2D eigenvalue weighted by molar-refractivity contribution is -0.115. The molecule has 40 heavy (non-hydrogen) atoms. The Morgan fingerprint density at radius 2 is 1.93 bits per heavy atom. The largest absolute Gasteiger partial charge is 0.454 e. The van der Waals surface area contributed by atoms with Gasteiger partial charge in [0.2, 0.25) is 6.79 Å². The van der Waals surface area contributed by atoms with Crippen LogP contribution in [0.15, 0.2) is 23.0 Å². The molecule has 0 radical (unpaired) electrons. The summed E-state index contributed by atoms with van der Waals surface area (Å²) in [7, 11) is 3.32. The summed E-state index contributed by atoms with van der Waals surface area (Å²) < 4.78 is 17.8. The van der Waals surface area contributed by atoms with Gasteiger partial charge < -0.3 is 50.3 Å². The smallest absolute Gasteiger partial charge is 0.257 e. The number of aliphatic hydroxyl groups excluding tert-OH is 1. The normalized spacial score (nSPS) is 14.2. The lowest BCUT2D eigenvalue weighted by Gasteiger charge is -2.14. The van der Waals surface area contributed by atoms with E-state index >= 15 is 0 Å². The number of methoxy groups -OCH3 is 1. The van der Waals surface area contributed by atoms with Crippen LogP contribution in [0.5, 0.6) is 11.5 Å². The molecule has 2 unspecified atom stereocenters. The van der Waals surface area contributed by atoms with Gasteiger partial charge in [-0.15, -0.1) is 0 Å². The van der Waals surface area contributed by atoms with Crippen LogP contribution in [0.2, 0.25) is 0 Å². The van der Waals surface area contributed by atoms with E-state index in [0.29, 0.717) is 54.3 Å². The van der Waals surface area contributed by atoms with Gasteiger partial charge in [-0.1, -0.05) is 6.42 Å². The minimum Gasteiger partial charge on any atom is -0.454 e. The Hall–Kier alpha value is -3.68. The zero-order valence-electron chi connectivity index (χ0n) is 22.6. The standard InChI is InChI=1S/C22H21N3O6.C6H14N2O/c1-23-6-13-11-4-19-20(31-10-30-19)5-16(11)24-21-14(13)7-25-17(21)3-12(18(27)8-26)15(9-29-2)22(25)28;7-4-2-1-3-6(8)5-9/h3-5,8,18,23,27H,6-7,9-10H2,1-2H3;5-6H,1-4,7-8H2. The van der Waals surface area contributed by atoms with Gasteiger partial charge in [0.1, 0.15) is 12.4 Å². The van der Waals surface area contributed by atoms with Crippen molar-refractivity contribution in [3.8, 4) is 22.9 Å². The highest BCUT2D eigenvalue weighted by molar-refractivity contribution is 5.90. The maximum absolute atomic E-state index is 13.3. The zero-order chi connectivity index (χ0) is 28.8. The van der Waals surface area contributed by atoms with E-state index in [9.17, 15) is 19.5 Å². The summed E-state index contributed by atoms with van der Waals surface area (Å²) in [4.78, 5) is 39.3. The van der Waals surface area contributed by atoms with Gasteiger partial charge in [-0.05, 0) is 44.1 Å². The molecule has 2 atom stereocenters. The van der Waals surface area contributed by atoms with E-state index in [-0.39, 0.29) is 36.1 Å². The predicted molar refractivity (Wildman–Crippen MR) is 148 cm³/mol. The molecule has 0 saturated heterocycles. The Bertz CT molecular complexity index is 1460. The molecule has 5 rings (SSSR count). The fraction of sp³-hybridized carbons (Fsp3) is 0.429. The quantitative estimate of drug-likeness (QED) is 0.153. The van der Waals surface area contributed by atoms with Crippen LogP contribution in [0, 0.1) is 0 Å². The van der Waals surface area contributed by atoms with E-state index < -0.39 is 6.10 Å². The van der Waals surface area contributed by atoms with Crippen molar-refractivity contribution >= 4 is 23.5 Å². The number of fused-ring (bicyclic) bond motifs is 5. The third-order valence-corrected chi connectivity index (χ3v) is 6.95. The van der Waals surface area contributed by atoms with Crippen molar-refractivity contribution < 1.29 is 28.9 Å². The van der Waals surface area contributed by atoms with Crippen molar-refractivity contribution in [3.05, 3.63) is 50.8 Å². The summed E-state index contributed by atoms with van der Waals surface area (Å²) in [5.74, 6) is 1.29. The van der Waals surface area contributed by atoms with Gasteiger partial charge in [0.25, 0.3) is 5.56 Å². The molecule has 2 aromatic heterocycles. The van der Waals surface area contributed by atoms with Crippen LogP contribution < -0.4 is 31.8 Å². The van der Waals surface area contributed by atoms with Gasteiger partial charge in [0.15, 0.2) is 17.8 Å². The van der Waals surface area contributed by atoms with Crippen molar-refractivity contribution in [1.82, 2.24) is 14.9 Å². The van der Waals surface area contributed by atoms with Gasteiger partial charge >= 0.3 is 0 Å². The summed E-state index contributed by atoms with van der Waals surface area (Å²) in [6, 6.07) is 5.13. The van der Waals surface area contributed by atoms with Crippen LogP contribution in [0.3, 0.4) is 0 Å². The summed E-state index contributed by atoms with van der Waals surface area (Å²) in [5.41, 5.74) is 14.6. The highest BCUT2D eigenvalue weighted by atomic mass is 16.7. The molecule has 0 fully saturated rings. The first-order chi connectivity index (χ1) is 19.4.